The molecule has 0 aromatic heterocycles. The van der Waals surface area contributed by atoms with E-state index < -0.39 is 40.0 Å². The van der Waals surface area contributed by atoms with Crippen LogP contribution in [-0.2, 0) is 35.8 Å². The van der Waals surface area contributed by atoms with Gasteiger partial charge in [-0.15, -0.1) is 0 Å². The lowest BCUT2D eigenvalue weighted by molar-refractivity contribution is -0.160. The van der Waals surface area contributed by atoms with Crippen molar-refractivity contribution in [2.45, 2.75) is 44.3 Å². The molecular weight excluding hydrogens is 494 g/mol. The van der Waals surface area contributed by atoms with E-state index in [1.54, 1.807) is 26.0 Å². The Kier molecular flexibility index (Phi) is 9.43. The molecule has 0 bridgehead atoms. The van der Waals surface area contributed by atoms with E-state index in [1.165, 1.54) is 36.4 Å². The van der Waals surface area contributed by atoms with Crippen LogP contribution in [0.3, 0.4) is 0 Å². The molecule has 0 heterocycles. The highest BCUT2D eigenvalue weighted by Gasteiger charge is 2.37. The number of esters is 2. The highest BCUT2D eigenvalue weighted by molar-refractivity contribution is 7.87. The number of carbonyl (C=O) groups excluding carboxylic acids is 2. The molecule has 3 aromatic rings. The first kappa shape index (κ1) is 27.9. The number of benzene rings is 3. The van der Waals surface area contributed by atoms with Crippen LogP contribution >= 0.6 is 0 Å². The van der Waals surface area contributed by atoms with Gasteiger partial charge in [-0.3, -0.25) is 9.59 Å². The summed E-state index contributed by atoms with van der Waals surface area (Å²) in [4.78, 5) is 26.0. The molecule has 2 unspecified atom stereocenters. The number of hydrogen-bond donors (Lipinski definition) is 1. The molecule has 196 valence electrons. The third-order valence-electron chi connectivity index (χ3n) is 5.54. The van der Waals surface area contributed by atoms with Gasteiger partial charge >= 0.3 is 22.1 Å². The SMILES string of the molecule is Cc1ccc(S(=O)(=O)Oc2ccc(C(C(=O)OCc3ccccc3)C(CN)C(=O)OC(C)C)cc2)cc1. The third-order valence-corrected chi connectivity index (χ3v) is 6.80. The van der Waals surface area contributed by atoms with Crippen LogP contribution in [0.25, 0.3) is 0 Å². The number of nitrogens with two attached hydrogens (primary N) is 1. The zero-order valence-electron chi connectivity index (χ0n) is 21.0. The van der Waals surface area contributed by atoms with Crippen LogP contribution < -0.4 is 9.92 Å². The quantitative estimate of drug-likeness (QED) is 0.293. The highest BCUT2D eigenvalue weighted by Crippen LogP contribution is 2.30. The first-order valence-electron chi connectivity index (χ1n) is 11.8. The molecular formula is C28H31NO7S. The summed E-state index contributed by atoms with van der Waals surface area (Å²) in [6, 6.07) is 21.3. The average molecular weight is 526 g/mol. The Bertz CT molecular complexity index is 1290. The second kappa shape index (κ2) is 12.5. The number of hydrogen-bond acceptors (Lipinski definition) is 8. The average Bonchev–Trinajstić information content (AvgIpc) is 2.86. The largest absolute Gasteiger partial charge is 0.463 e. The standard InChI is InChI=1S/C28H31NO7S/c1-19(2)35-27(30)25(17-29)26(28(31)34-18-21-7-5-4-6-8-21)22-11-13-23(14-12-22)36-37(32,33)24-15-9-20(3)10-16-24/h4-16,19,25-26H,17-18,29H2,1-3H3. The lowest BCUT2D eigenvalue weighted by atomic mass is 9.85. The molecule has 0 radical (unpaired) electrons. The van der Waals surface area contributed by atoms with Gasteiger partial charge in [-0.1, -0.05) is 60.2 Å². The van der Waals surface area contributed by atoms with Crippen LogP contribution in [0, 0.1) is 12.8 Å². The molecule has 0 saturated heterocycles. The van der Waals surface area contributed by atoms with Gasteiger partial charge in [0.05, 0.1) is 17.9 Å². The van der Waals surface area contributed by atoms with E-state index in [9.17, 15) is 18.0 Å². The first-order chi connectivity index (χ1) is 17.6. The fraction of sp³-hybridized carbons (Fsp3) is 0.286. The van der Waals surface area contributed by atoms with E-state index in [4.69, 9.17) is 19.4 Å². The molecule has 0 aliphatic rings. The Hall–Kier alpha value is -3.69. The molecule has 37 heavy (non-hydrogen) atoms. The molecule has 2 N–H and O–H groups in total. The van der Waals surface area contributed by atoms with Gasteiger partial charge in [-0.05, 0) is 56.2 Å². The first-order valence-corrected chi connectivity index (χ1v) is 13.2. The third kappa shape index (κ3) is 7.65. The summed E-state index contributed by atoms with van der Waals surface area (Å²) in [5, 5.41) is 0. The van der Waals surface area contributed by atoms with Crippen molar-refractivity contribution in [1.82, 2.24) is 0 Å². The van der Waals surface area contributed by atoms with Crippen molar-refractivity contribution < 1.29 is 31.7 Å². The van der Waals surface area contributed by atoms with Crippen molar-refractivity contribution in [3.63, 3.8) is 0 Å². The van der Waals surface area contributed by atoms with Gasteiger partial charge in [0.2, 0.25) is 0 Å². The maximum Gasteiger partial charge on any atom is 0.339 e. The summed E-state index contributed by atoms with van der Waals surface area (Å²) < 4.78 is 41.4. The molecule has 3 aromatic carbocycles. The van der Waals surface area contributed by atoms with Gasteiger partial charge in [0.25, 0.3) is 0 Å². The summed E-state index contributed by atoms with van der Waals surface area (Å²) in [5.41, 5.74) is 8.02. The smallest absolute Gasteiger partial charge is 0.339 e. The molecule has 0 aliphatic heterocycles. The molecule has 9 heteroatoms. The molecule has 0 amide bonds. The summed E-state index contributed by atoms with van der Waals surface area (Å²) in [6.07, 6.45) is -0.398. The number of aryl methyl sites for hydroxylation is 1. The van der Waals surface area contributed by atoms with Gasteiger partial charge in [-0.25, -0.2) is 0 Å². The normalized spacial score (nSPS) is 13.0. The van der Waals surface area contributed by atoms with Gasteiger partial charge in [0.15, 0.2) is 0 Å². The predicted molar refractivity (Wildman–Crippen MR) is 138 cm³/mol. The minimum atomic E-state index is -4.05. The van der Waals surface area contributed by atoms with Crippen molar-refractivity contribution in [3.8, 4) is 5.75 Å². The molecule has 8 nitrogen and oxygen atoms in total. The van der Waals surface area contributed by atoms with Crippen molar-refractivity contribution in [1.29, 1.82) is 0 Å². The lowest BCUT2D eigenvalue weighted by Gasteiger charge is -2.25. The van der Waals surface area contributed by atoms with E-state index in [0.29, 0.717) is 5.56 Å². The Labute approximate surface area is 217 Å². The molecule has 3 rings (SSSR count). The second-order valence-electron chi connectivity index (χ2n) is 8.82. The fourth-order valence-corrected chi connectivity index (χ4v) is 4.58. The van der Waals surface area contributed by atoms with Gasteiger partial charge in [-0.2, -0.15) is 8.42 Å². The van der Waals surface area contributed by atoms with Crippen molar-refractivity contribution >= 4 is 22.1 Å². The molecule has 0 fully saturated rings. The van der Waals surface area contributed by atoms with Crippen LogP contribution in [0.1, 0.15) is 36.5 Å². The van der Waals surface area contributed by atoms with E-state index >= 15 is 0 Å². The maximum atomic E-state index is 13.2. The van der Waals surface area contributed by atoms with Crippen LogP contribution in [0.5, 0.6) is 5.75 Å². The Morgan fingerprint density at radius 2 is 1.49 bits per heavy atom. The van der Waals surface area contributed by atoms with Crippen molar-refractivity contribution in [2.75, 3.05) is 6.54 Å². The van der Waals surface area contributed by atoms with E-state index in [2.05, 4.69) is 0 Å². The van der Waals surface area contributed by atoms with Crippen LogP contribution in [0.15, 0.2) is 83.8 Å². The zero-order valence-corrected chi connectivity index (χ0v) is 21.8. The monoisotopic (exact) mass is 525 g/mol. The molecule has 0 saturated carbocycles. The number of ether oxygens (including phenoxy) is 2. The summed E-state index contributed by atoms with van der Waals surface area (Å²) in [5.74, 6) is -3.30. The highest BCUT2D eigenvalue weighted by atomic mass is 32.2. The van der Waals surface area contributed by atoms with Gasteiger partial charge in [0, 0.05) is 6.54 Å². The molecule has 0 spiro atoms. The maximum absolute atomic E-state index is 13.2. The Morgan fingerprint density at radius 1 is 0.865 bits per heavy atom. The van der Waals surface area contributed by atoms with Gasteiger partial charge < -0.3 is 19.4 Å². The second-order valence-corrected chi connectivity index (χ2v) is 10.4. The number of carbonyl (C=O) groups is 2. The van der Waals surface area contributed by atoms with Crippen LogP contribution in [0.2, 0.25) is 0 Å². The fourth-order valence-electron chi connectivity index (χ4n) is 3.65. The summed E-state index contributed by atoms with van der Waals surface area (Å²) >= 11 is 0. The van der Waals surface area contributed by atoms with Gasteiger partial charge in [0.1, 0.15) is 17.3 Å². The van der Waals surface area contributed by atoms with Crippen LogP contribution in [-0.4, -0.2) is 33.0 Å². The summed E-state index contributed by atoms with van der Waals surface area (Å²) in [6.45, 7) is 5.12. The van der Waals surface area contributed by atoms with E-state index in [0.717, 1.165) is 11.1 Å². The lowest BCUT2D eigenvalue weighted by Crippen LogP contribution is -2.37. The van der Waals surface area contributed by atoms with Crippen molar-refractivity contribution in [2.24, 2.45) is 11.7 Å². The van der Waals surface area contributed by atoms with Crippen molar-refractivity contribution in [3.05, 3.63) is 95.6 Å². The van der Waals surface area contributed by atoms with E-state index in [-0.39, 0.29) is 23.8 Å². The topological polar surface area (TPSA) is 122 Å². The predicted octanol–water partition coefficient (Wildman–Crippen LogP) is 4.12. The van der Waals surface area contributed by atoms with E-state index in [1.807, 2.05) is 37.3 Å². The molecule has 0 aliphatic carbocycles. The Balaban J connectivity index is 1.86. The molecule has 2 atom stereocenters. The van der Waals surface area contributed by atoms with Crippen LogP contribution in [0.4, 0.5) is 0 Å². The minimum absolute atomic E-state index is 0.0165. The Morgan fingerprint density at radius 3 is 2.05 bits per heavy atom. The number of rotatable bonds is 11. The zero-order chi connectivity index (χ0) is 27.0. The summed E-state index contributed by atoms with van der Waals surface area (Å²) in [7, 11) is -4.05. The minimum Gasteiger partial charge on any atom is -0.463 e.